The van der Waals surface area contributed by atoms with Crippen molar-refractivity contribution in [1.29, 1.82) is 0 Å². The van der Waals surface area contributed by atoms with Crippen molar-refractivity contribution >= 4 is 16.4 Å². The lowest BCUT2D eigenvalue weighted by atomic mass is 10.1. The second-order valence-electron chi connectivity index (χ2n) is 2.33. The van der Waals surface area contributed by atoms with Gasteiger partial charge in [0.05, 0.1) is 12.5 Å². The van der Waals surface area contributed by atoms with E-state index in [1.165, 1.54) is 6.92 Å². The minimum Gasteiger partial charge on any atom is -0.481 e. The van der Waals surface area contributed by atoms with E-state index in [1.54, 1.807) is 0 Å². The van der Waals surface area contributed by atoms with E-state index in [1.807, 2.05) is 0 Å². The van der Waals surface area contributed by atoms with Gasteiger partial charge in [-0.15, -0.1) is 0 Å². The summed E-state index contributed by atoms with van der Waals surface area (Å²) in [5.74, 6) is -1.76. The average Bonchev–Trinajstić information content (AvgIpc) is 2.04. The summed E-state index contributed by atoms with van der Waals surface area (Å²) in [7, 11) is -4.38. The zero-order valence-electron chi connectivity index (χ0n) is 6.84. The van der Waals surface area contributed by atoms with Crippen LogP contribution in [0.4, 0.5) is 0 Å². The molecular formula is C5H10O7S. The lowest BCUT2D eigenvalue weighted by Crippen LogP contribution is -2.15. The summed E-state index contributed by atoms with van der Waals surface area (Å²) in [5, 5.41) is 16.1. The summed E-state index contributed by atoms with van der Waals surface area (Å²) < 4.78 is 27.6. The molecule has 0 aliphatic carbocycles. The Balaban J connectivity index is 3.75. The third-order valence-corrected chi connectivity index (χ3v) is 1.93. The highest BCUT2D eigenvalue weighted by Crippen LogP contribution is 2.03. The molecule has 0 aliphatic heterocycles. The molecule has 13 heavy (non-hydrogen) atoms. The minimum atomic E-state index is -4.38. The Labute approximate surface area is 75.1 Å². The first-order valence-corrected chi connectivity index (χ1v) is 4.67. The molecule has 1 atom stereocenters. The number of rotatable bonds is 6. The molecule has 0 rings (SSSR count). The standard InChI is InChI=1S/C5H10O7S/c1-4(5(6)7)2-3-11-13(9,10)12-8/h4,8H,2-3H2,1H3,(H,6,7). The lowest BCUT2D eigenvalue weighted by molar-refractivity contribution is -0.144. The summed E-state index contributed by atoms with van der Waals surface area (Å²) in [6.07, 6.45) is 0.0118. The second kappa shape index (κ2) is 5.12. The molecule has 0 aromatic heterocycles. The Kier molecular flexibility index (Phi) is 4.85. The maximum Gasteiger partial charge on any atom is 0.426 e. The van der Waals surface area contributed by atoms with Crippen LogP contribution in [0.3, 0.4) is 0 Å². The first kappa shape index (κ1) is 12.3. The van der Waals surface area contributed by atoms with E-state index in [0.29, 0.717) is 0 Å². The van der Waals surface area contributed by atoms with Crippen molar-refractivity contribution in [1.82, 2.24) is 0 Å². The van der Waals surface area contributed by atoms with Gasteiger partial charge in [0.25, 0.3) is 0 Å². The van der Waals surface area contributed by atoms with Crippen molar-refractivity contribution in [3.05, 3.63) is 0 Å². The van der Waals surface area contributed by atoms with E-state index in [2.05, 4.69) is 8.52 Å². The van der Waals surface area contributed by atoms with Gasteiger partial charge in [0.15, 0.2) is 0 Å². The lowest BCUT2D eigenvalue weighted by Gasteiger charge is -2.04. The monoisotopic (exact) mass is 214 g/mol. The van der Waals surface area contributed by atoms with Gasteiger partial charge in [-0.25, -0.2) is 9.44 Å². The number of hydrogen-bond donors (Lipinski definition) is 2. The number of carbonyl (C=O) groups is 1. The SMILES string of the molecule is CC(CCOS(=O)(=O)OO)C(=O)O. The summed E-state index contributed by atoms with van der Waals surface area (Å²) >= 11 is 0. The Morgan fingerprint density at radius 2 is 2.08 bits per heavy atom. The van der Waals surface area contributed by atoms with E-state index in [4.69, 9.17) is 10.4 Å². The summed E-state index contributed by atoms with van der Waals surface area (Å²) in [6, 6.07) is 0. The van der Waals surface area contributed by atoms with Crippen LogP contribution in [-0.2, 0) is 23.7 Å². The van der Waals surface area contributed by atoms with Crippen LogP contribution in [0, 0.1) is 5.92 Å². The molecule has 2 N–H and O–H groups in total. The third-order valence-electron chi connectivity index (χ3n) is 1.29. The Bertz CT molecular complexity index is 256. The van der Waals surface area contributed by atoms with Gasteiger partial charge in [0.2, 0.25) is 0 Å². The predicted octanol–water partition coefficient (Wildman–Crippen LogP) is -0.152. The maximum atomic E-state index is 10.3. The largest absolute Gasteiger partial charge is 0.481 e. The third kappa shape index (κ3) is 5.53. The van der Waals surface area contributed by atoms with Crippen LogP contribution in [0.1, 0.15) is 13.3 Å². The van der Waals surface area contributed by atoms with Crippen LogP contribution >= 0.6 is 0 Å². The highest BCUT2D eigenvalue weighted by atomic mass is 32.3. The van der Waals surface area contributed by atoms with Crippen LogP contribution < -0.4 is 0 Å². The molecule has 0 radical (unpaired) electrons. The van der Waals surface area contributed by atoms with Crippen LogP contribution in [-0.4, -0.2) is 31.4 Å². The van der Waals surface area contributed by atoms with Gasteiger partial charge in [0.1, 0.15) is 0 Å². The van der Waals surface area contributed by atoms with Gasteiger partial charge in [-0.3, -0.25) is 4.79 Å². The van der Waals surface area contributed by atoms with Crippen LogP contribution in [0.2, 0.25) is 0 Å². The van der Waals surface area contributed by atoms with Crippen molar-refractivity contribution < 1.29 is 32.1 Å². The molecule has 0 saturated carbocycles. The molecule has 0 fully saturated rings. The molecule has 78 valence electrons. The second-order valence-corrected chi connectivity index (χ2v) is 3.53. The number of carboxylic acids is 1. The average molecular weight is 214 g/mol. The Morgan fingerprint density at radius 3 is 2.46 bits per heavy atom. The molecule has 1 unspecified atom stereocenters. The topological polar surface area (TPSA) is 110 Å². The zero-order chi connectivity index (χ0) is 10.5. The smallest absolute Gasteiger partial charge is 0.426 e. The molecule has 0 aromatic carbocycles. The van der Waals surface area contributed by atoms with Gasteiger partial charge < -0.3 is 5.11 Å². The molecular weight excluding hydrogens is 204 g/mol. The van der Waals surface area contributed by atoms with E-state index < -0.39 is 22.3 Å². The molecule has 0 spiro atoms. The van der Waals surface area contributed by atoms with Gasteiger partial charge in [-0.1, -0.05) is 11.3 Å². The van der Waals surface area contributed by atoms with Gasteiger partial charge in [-0.05, 0) is 6.42 Å². The first-order valence-electron chi connectivity index (χ1n) is 3.34. The van der Waals surface area contributed by atoms with Crippen LogP contribution in [0.15, 0.2) is 0 Å². The Morgan fingerprint density at radius 1 is 1.54 bits per heavy atom. The van der Waals surface area contributed by atoms with E-state index in [-0.39, 0.29) is 13.0 Å². The normalized spacial score (nSPS) is 14.0. The molecule has 8 heteroatoms. The van der Waals surface area contributed by atoms with Crippen molar-refractivity contribution in [2.45, 2.75) is 13.3 Å². The molecule has 0 saturated heterocycles. The highest BCUT2D eigenvalue weighted by Gasteiger charge is 2.15. The number of carboxylic acid groups (broad SMARTS) is 1. The molecule has 0 aliphatic rings. The molecule has 0 aromatic rings. The van der Waals surface area contributed by atoms with Crippen molar-refractivity contribution in [3.8, 4) is 0 Å². The molecule has 0 heterocycles. The van der Waals surface area contributed by atoms with Gasteiger partial charge in [0, 0.05) is 0 Å². The summed E-state index contributed by atoms with van der Waals surface area (Å²) in [5.41, 5.74) is 0. The van der Waals surface area contributed by atoms with Crippen LogP contribution in [0.25, 0.3) is 0 Å². The zero-order valence-corrected chi connectivity index (χ0v) is 7.65. The fourth-order valence-corrected chi connectivity index (χ4v) is 0.815. The quantitative estimate of drug-likeness (QED) is 0.467. The fraction of sp³-hybridized carbons (Fsp3) is 0.800. The maximum absolute atomic E-state index is 10.3. The molecule has 0 bridgehead atoms. The summed E-state index contributed by atoms with van der Waals surface area (Å²) in [4.78, 5) is 10.2. The molecule has 0 amide bonds. The summed E-state index contributed by atoms with van der Waals surface area (Å²) in [6.45, 7) is 1.05. The first-order chi connectivity index (χ1) is 5.89. The van der Waals surface area contributed by atoms with Crippen LogP contribution in [0.5, 0.6) is 0 Å². The molecule has 7 nitrogen and oxygen atoms in total. The van der Waals surface area contributed by atoms with Crippen molar-refractivity contribution in [3.63, 3.8) is 0 Å². The van der Waals surface area contributed by atoms with E-state index >= 15 is 0 Å². The van der Waals surface area contributed by atoms with Crippen molar-refractivity contribution in [2.24, 2.45) is 5.92 Å². The number of hydrogen-bond acceptors (Lipinski definition) is 6. The fourth-order valence-electron chi connectivity index (χ4n) is 0.472. The van der Waals surface area contributed by atoms with Gasteiger partial charge in [-0.2, -0.15) is 8.42 Å². The van der Waals surface area contributed by atoms with E-state index in [0.717, 1.165) is 0 Å². The van der Waals surface area contributed by atoms with Crippen molar-refractivity contribution in [2.75, 3.05) is 6.61 Å². The highest BCUT2D eigenvalue weighted by molar-refractivity contribution is 7.81. The Hall–Kier alpha value is -0.700. The number of aliphatic carboxylic acids is 1. The predicted molar refractivity (Wildman–Crippen MR) is 40.0 cm³/mol. The minimum absolute atomic E-state index is 0.0118. The van der Waals surface area contributed by atoms with Gasteiger partial charge >= 0.3 is 16.4 Å². The van der Waals surface area contributed by atoms with E-state index in [9.17, 15) is 13.2 Å².